The number of hydrogen-bond acceptors (Lipinski definition) is 9. The van der Waals surface area contributed by atoms with Gasteiger partial charge in [-0.05, 0) is 12.1 Å². The van der Waals surface area contributed by atoms with Gasteiger partial charge in [0.1, 0.15) is 27.3 Å². The van der Waals surface area contributed by atoms with Crippen molar-refractivity contribution in [2.75, 3.05) is 11.1 Å². The van der Waals surface area contributed by atoms with Crippen molar-refractivity contribution in [1.29, 1.82) is 0 Å². The van der Waals surface area contributed by atoms with Crippen LogP contribution < -0.4 is 16.6 Å². The molecule has 0 aliphatic rings. The maximum Gasteiger partial charge on any atom is 0.332 e. The lowest BCUT2D eigenvalue weighted by atomic mass is 9.96. The highest BCUT2D eigenvalue weighted by atomic mass is 32.2. The Hall–Kier alpha value is -3.12. The molecule has 0 spiro atoms. The fraction of sp³-hybridized carbons (Fsp3) is 0.350. The van der Waals surface area contributed by atoms with Crippen LogP contribution in [0.3, 0.4) is 0 Å². The molecule has 0 atom stereocenters. The third kappa shape index (κ3) is 3.91. The molecular weight excluding hydrogens is 450 g/mol. The van der Waals surface area contributed by atoms with Crippen molar-refractivity contribution in [3.8, 4) is 0 Å². The molecule has 0 radical (unpaired) electrons. The second-order valence-corrected chi connectivity index (χ2v) is 9.77. The summed E-state index contributed by atoms with van der Waals surface area (Å²) in [6, 6.07) is 5.38. The molecule has 0 bridgehead atoms. The van der Waals surface area contributed by atoms with Crippen LogP contribution in [-0.2, 0) is 24.3 Å². The highest BCUT2D eigenvalue weighted by Gasteiger charge is 2.24. The number of rotatable bonds is 4. The maximum absolute atomic E-state index is 12.9. The van der Waals surface area contributed by atoms with Crippen LogP contribution in [-0.4, -0.2) is 39.5 Å². The van der Waals surface area contributed by atoms with E-state index in [1.165, 1.54) is 11.6 Å². The van der Waals surface area contributed by atoms with Gasteiger partial charge in [-0.3, -0.25) is 18.7 Å². The number of hydrogen-bond donors (Lipinski definition) is 1. The minimum absolute atomic E-state index is 0.00957. The zero-order valence-corrected chi connectivity index (χ0v) is 19.8. The van der Waals surface area contributed by atoms with Crippen molar-refractivity contribution in [3.63, 3.8) is 0 Å². The SMILES string of the molecule is Cn1c(=O)c2c(SCC(=O)Nc3cccc4nsnc34)nc(C(C)(C)C)nc2n(C)c1=O. The van der Waals surface area contributed by atoms with Gasteiger partial charge < -0.3 is 5.32 Å². The predicted molar refractivity (Wildman–Crippen MR) is 125 cm³/mol. The Balaban J connectivity index is 1.72. The number of nitrogens with zero attached hydrogens (tertiary/aromatic N) is 6. The summed E-state index contributed by atoms with van der Waals surface area (Å²) in [7, 11) is 2.97. The molecular formula is C20H21N7O3S2. The van der Waals surface area contributed by atoms with E-state index >= 15 is 0 Å². The van der Waals surface area contributed by atoms with Gasteiger partial charge in [0.15, 0.2) is 5.65 Å². The van der Waals surface area contributed by atoms with Gasteiger partial charge in [-0.15, -0.1) is 0 Å². The molecule has 12 heteroatoms. The van der Waals surface area contributed by atoms with Crippen LogP contribution in [0.4, 0.5) is 5.69 Å². The van der Waals surface area contributed by atoms with Crippen LogP contribution in [0.15, 0.2) is 32.8 Å². The minimum Gasteiger partial charge on any atom is -0.323 e. The quantitative estimate of drug-likeness (QED) is 0.354. The fourth-order valence-corrected chi connectivity index (χ4v) is 4.46. The van der Waals surface area contributed by atoms with Gasteiger partial charge in [0.2, 0.25) is 5.91 Å². The Kier molecular flexibility index (Phi) is 5.59. The van der Waals surface area contributed by atoms with E-state index < -0.39 is 16.7 Å². The van der Waals surface area contributed by atoms with Crippen molar-refractivity contribution >= 4 is 57.2 Å². The second-order valence-electron chi connectivity index (χ2n) is 8.28. The highest BCUT2D eigenvalue weighted by molar-refractivity contribution is 8.00. The van der Waals surface area contributed by atoms with Crippen molar-refractivity contribution in [2.45, 2.75) is 31.2 Å². The molecule has 0 fully saturated rings. The standard InChI is InChI=1S/C20H21N7O3S2/c1-20(2,3)18-22-15-13(17(29)27(5)19(30)26(15)4)16(23-18)31-9-12(28)21-10-7-6-8-11-14(10)25-32-24-11/h6-8H,9H2,1-5H3,(H,21,28). The number of amides is 1. The Morgan fingerprint density at radius 3 is 2.59 bits per heavy atom. The number of aryl methyl sites for hydroxylation is 1. The number of carbonyl (C=O) groups excluding carboxylic acids is 1. The summed E-state index contributed by atoms with van der Waals surface area (Å²) in [5.41, 5.74) is 0.770. The summed E-state index contributed by atoms with van der Waals surface area (Å²) < 4.78 is 10.7. The van der Waals surface area contributed by atoms with Gasteiger partial charge >= 0.3 is 5.69 Å². The average molecular weight is 472 g/mol. The lowest BCUT2D eigenvalue weighted by Gasteiger charge is -2.19. The zero-order chi connectivity index (χ0) is 23.2. The van der Waals surface area contributed by atoms with E-state index in [0.717, 1.165) is 28.1 Å². The van der Waals surface area contributed by atoms with Crippen molar-refractivity contribution in [3.05, 3.63) is 44.9 Å². The number of carbonyl (C=O) groups is 1. The predicted octanol–water partition coefficient (Wildman–Crippen LogP) is 2.06. The minimum atomic E-state index is -0.496. The summed E-state index contributed by atoms with van der Waals surface area (Å²) >= 11 is 2.20. The van der Waals surface area contributed by atoms with Gasteiger partial charge in [0.05, 0.1) is 23.2 Å². The van der Waals surface area contributed by atoms with E-state index in [9.17, 15) is 14.4 Å². The number of aromatic nitrogens is 6. The molecule has 4 aromatic rings. The number of anilines is 1. The van der Waals surface area contributed by atoms with Gasteiger partial charge in [-0.2, -0.15) is 8.75 Å². The molecule has 1 N–H and O–H groups in total. The molecule has 166 valence electrons. The molecule has 3 aromatic heterocycles. The van der Waals surface area contributed by atoms with Crippen LogP contribution in [0.25, 0.3) is 22.1 Å². The molecule has 1 amide bonds. The van der Waals surface area contributed by atoms with E-state index in [1.54, 1.807) is 19.2 Å². The Morgan fingerprint density at radius 1 is 1.12 bits per heavy atom. The Labute approximate surface area is 191 Å². The molecule has 32 heavy (non-hydrogen) atoms. The average Bonchev–Trinajstić information content (AvgIpc) is 3.23. The van der Waals surface area contributed by atoms with E-state index in [0.29, 0.717) is 27.6 Å². The first kappa shape index (κ1) is 22.1. The second kappa shape index (κ2) is 8.10. The molecule has 0 saturated carbocycles. The first-order chi connectivity index (χ1) is 15.1. The van der Waals surface area contributed by atoms with Crippen LogP contribution in [0.2, 0.25) is 0 Å². The largest absolute Gasteiger partial charge is 0.332 e. The van der Waals surface area contributed by atoms with Crippen LogP contribution in [0.5, 0.6) is 0 Å². The highest BCUT2D eigenvalue weighted by Crippen LogP contribution is 2.27. The van der Waals surface area contributed by atoms with Crippen molar-refractivity contribution < 1.29 is 4.79 Å². The third-order valence-electron chi connectivity index (χ3n) is 4.84. The van der Waals surface area contributed by atoms with Crippen molar-refractivity contribution in [1.82, 2.24) is 27.8 Å². The smallest absolute Gasteiger partial charge is 0.323 e. The van der Waals surface area contributed by atoms with Gasteiger partial charge in [0, 0.05) is 19.5 Å². The van der Waals surface area contributed by atoms with Gasteiger partial charge in [0.25, 0.3) is 5.56 Å². The van der Waals surface area contributed by atoms with E-state index in [4.69, 9.17) is 0 Å². The summed E-state index contributed by atoms with van der Waals surface area (Å²) in [6.45, 7) is 5.82. The lowest BCUT2D eigenvalue weighted by Crippen LogP contribution is -2.38. The molecule has 3 heterocycles. The molecule has 0 unspecified atom stereocenters. The van der Waals surface area contributed by atoms with Crippen molar-refractivity contribution in [2.24, 2.45) is 14.1 Å². The number of nitrogens with one attached hydrogen (secondary N) is 1. The zero-order valence-electron chi connectivity index (χ0n) is 18.2. The monoisotopic (exact) mass is 471 g/mol. The summed E-state index contributed by atoms with van der Waals surface area (Å²) in [5.74, 6) is 0.214. The third-order valence-corrected chi connectivity index (χ3v) is 6.36. The molecule has 1 aromatic carbocycles. The first-order valence-corrected chi connectivity index (χ1v) is 11.4. The van der Waals surface area contributed by atoms with Gasteiger partial charge in [-0.1, -0.05) is 38.6 Å². The first-order valence-electron chi connectivity index (χ1n) is 9.70. The summed E-state index contributed by atoms with van der Waals surface area (Å²) in [6.07, 6.45) is 0. The normalized spacial score (nSPS) is 11.9. The molecule has 10 nitrogen and oxygen atoms in total. The molecule has 0 aliphatic carbocycles. The maximum atomic E-state index is 12.9. The Bertz CT molecular complexity index is 1480. The van der Waals surface area contributed by atoms with Crippen LogP contribution in [0.1, 0.15) is 26.6 Å². The molecule has 0 aliphatic heterocycles. The van der Waals surface area contributed by atoms with E-state index in [2.05, 4.69) is 24.0 Å². The number of thioether (sulfide) groups is 1. The summed E-state index contributed by atoms with van der Waals surface area (Å²) in [5, 5.41) is 3.42. The van der Waals surface area contributed by atoms with Crippen LogP contribution in [0, 0.1) is 0 Å². The fourth-order valence-electron chi connectivity index (χ4n) is 3.10. The molecule has 4 rings (SSSR count). The number of benzene rings is 1. The van der Waals surface area contributed by atoms with Gasteiger partial charge in [-0.25, -0.2) is 14.8 Å². The topological polar surface area (TPSA) is 125 Å². The summed E-state index contributed by atoms with van der Waals surface area (Å²) in [4.78, 5) is 47.1. The van der Waals surface area contributed by atoms with E-state index in [-0.39, 0.29) is 22.7 Å². The number of fused-ring (bicyclic) bond motifs is 2. The van der Waals surface area contributed by atoms with Crippen LogP contribution >= 0.6 is 23.5 Å². The molecule has 0 saturated heterocycles. The van der Waals surface area contributed by atoms with E-state index in [1.807, 2.05) is 26.8 Å². The lowest BCUT2D eigenvalue weighted by molar-refractivity contribution is -0.113. The Morgan fingerprint density at radius 2 is 1.88 bits per heavy atom.